The fourth-order valence-corrected chi connectivity index (χ4v) is 4.16. The number of carbonyl (C=O) groups excluding carboxylic acids is 1. The van der Waals surface area contributed by atoms with Crippen LogP contribution in [0.1, 0.15) is 72.1 Å². The van der Waals surface area contributed by atoms with Crippen molar-refractivity contribution in [3.8, 4) is 0 Å². The van der Waals surface area contributed by atoms with E-state index in [1.165, 1.54) is 25.7 Å². The lowest BCUT2D eigenvalue weighted by Gasteiger charge is -2.38. The van der Waals surface area contributed by atoms with Crippen molar-refractivity contribution in [2.45, 2.75) is 83.6 Å². The number of carbonyl (C=O) groups is 1. The molecule has 1 unspecified atom stereocenters. The monoisotopic (exact) mass is 299 g/mol. The molecule has 0 heterocycles. The van der Waals surface area contributed by atoms with E-state index in [9.17, 15) is 4.79 Å². The molecule has 2 saturated carbocycles. The average Bonchev–Trinajstić information content (AvgIpc) is 2.90. The van der Waals surface area contributed by atoms with Gasteiger partial charge >= 0.3 is 0 Å². The summed E-state index contributed by atoms with van der Waals surface area (Å²) in [6, 6.07) is 0.384. The summed E-state index contributed by atoms with van der Waals surface area (Å²) in [6.45, 7) is 6.97. The van der Waals surface area contributed by atoms with Gasteiger partial charge in [0.15, 0.2) is 0 Å². The van der Waals surface area contributed by atoms with E-state index in [1.54, 1.807) is 0 Å². The number of nitrogens with one attached hydrogen (secondary N) is 1. The molecule has 0 aromatic rings. The molecule has 0 aromatic carbocycles. The second kappa shape index (κ2) is 6.68. The van der Waals surface area contributed by atoms with Crippen molar-refractivity contribution < 1.29 is 4.79 Å². The van der Waals surface area contributed by atoms with E-state index in [4.69, 9.17) is 11.6 Å². The van der Waals surface area contributed by atoms with Crippen molar-refractivity contribution in [2.75, 3.05) is 0 Å². The van der Waals surface area contributed by atoms with Gasteiger partial charge in [-0.05, 0) is 55.8 Å². The highest BCUT2D eigenvalue weighted by Crippen LogP contribution is 2.41. The summed E-state index contributed by atoms with van der Waals surface area (Å²) in [7, 11) is 0. The number of alkyl halides is 1. The zero-order valence-electron chi connectivity index (χ0n) is 13.3. The molecule has 0 bridgehead atoms. The van der Waals surface area contributed by atoms with Crippen molar-refractivity contribution in [2.24, 2.45) is 17.3 Å². The van der Waals surface area contributed by atoms with Gasteiger partial charge in [-0.25, -0.2) is 0 Å². The zero-order valence-corrected chi connectivity index (χ0v) is 14.0. The maximum atomic E-state index is 12.2. The summed E-state index contributed by atoms with van der Waals surface area (Å²) in [5.41, 5.74) is 0.388. The summed E-state index contributed by atoms with van der Waals surface area (Å²) in [5.74, 6) is 1.23. The van der Waals surface area contributed by atoms with E-state index in [-0.39, 0.29) is 11.3 Å². The first-order chi connectivity index (χ1) is 9.38. The van der Waals surface area contributed by atoms with Crippen molar-refractivity contribution in [3.63, 3.8) is 0 Å². The van der Waals surface area contributed by atoms with Gasteiger partial charge in [0.25, 0.3) is 0 Å². The quantitative estimate of drug-likeness (QED) is 0.764. The van der Waals surface area contributed by atoms with Crippen LogP contribution in [0.5, 0.6) is 0 Å². The molecule has 20 heavy (non-hydrogen) atoms. The minimum Gasteiger partial charge on any atom is -0.352 e. The van der Waals surface area contributed by atoms with Gasteiger partial charge in [-0.1, -0.05) is 33.6 Å². The van der Waals surface area contributed by atoms with Gasteiger partial charge in [0, 0.05) is 6.04 Å². The summed E-state index contributed by atoms with van der Waals surface area (Å²) in [5, 5.41) is 2.82. The van der Waals surface area contributed by atoms with Gasteiger partial charge < -0.3 is 5.32 Å². The fraction of sp³-hybridized carbons (Fsp3) is 0.941. The van der Waals surface area contributed by atoms with E-state index < -0.39 is 0 Å². The Labute approximate surface area is 129 Å². The molecule has 1 atom stereocenters. The normalized spacial score (nSPS) is 30.2. The number of hydrogen-bond donors (Lipinski definition) is 1. The minimum absolute atomic E-state index is 0.0813. The molecule has 2 rings (SSSR count). The summed E-state index contributed by atoms with van der Waals surface area (Å²) in [4.78, 5) is 12.2. The van der Waals surface area contributed by atoms with E-state index in [0.29, 0.717) is 17.4 Å². The lowest BCUT2D eigenvalue weighted by atomic mass is 9.69. The van der Waals surface area contributed by atoms with Crippen molar-refractivity contribution in [1.82, 2.24) is 5.32 Å². The molecule has 2 aliphatic carbocycles. The maximum Gasteiger partial charge on any atom is 0.238 e. The molecule has 2 fully saturated rings. The highest BCUT2D eigenvalue weighted by molar-refractivity contribution is 6.31. The molecule has 0 spiro atoms. The zero-order chi connectivity index (χ0) is 14.8. The second-order valence-corrected chi connectivity index (χ2v) is 8.34. The van der Waals surface area contributed by atoms with Gasteiger partial charge in [0.2, 0.25) is 5.91 Å². The molecule has 3 heteroatoms. The first-order valence-electron chi connectivity index (χ1n) is 8.32. The standard InChI is InChI=1S/C17H30ClNO/c1-17(2,3)13-10-8-12(9-11-13)15(18)16(20)19-14-6-4-5-7-14/h12-15H,4-11H2,1-3H3,(H,19,20). The van der Waals surface area contributed by atoms with Crippen LogP contribution in [0.3, 0.4) is 0 Å². The van der Waals surface area contributed by atoms with Crippen LogP contribution >= 0.6 is 11.6 Å². The summed E-state index contributed by atoms with van der Waals surface area (Å²) >= 11 is 6.44. The van der Waals surface area contributed by atoms with Gasteiger partial charge in [-0.3, -0.25) is 4.79 Å². The van der Waals surface area contributed by atoms with E-state index in [0.717, 1.165) is 31.6 Å². The maximum absolute atomic E-state index is 12.2. The van der Waals surface area contributed by atoms with Crippen LogP contribution in [0.15, 0.2) is 0 Å². The highest BCUT2D eigenvalue weighted by atomic mass is 35.5. The third kappa shape index (κ3) is 4.13. The van der Waals surface area contributed by atoms with Crippen LogP contribution in [0.4, 0.5) is 0 Å². The predicted octanol–water partition coefficient (Wildman–Crippen LogP) is 4.51. The number of rotatable bonds is 3. The Morgan fingerprint density at radius 1 is 1.05 bits per heavy atom. The molecule has 1 amide bonds. The smallest absolute Gasteiger partial charge is 0.238 e. The van der Waals surface area contributed by atoms with Gasteiger partial charge in [-0.2, -0.15) is 0 Å². The van der Waals surface area contributed by atoms with Crippen molar-refractivity contribution in [1.29, 1.82) is 0 Å². The van der Waals surface area contributed by atoms with Crippen LogP contribution in [0.25, 0.3) is 0 Å². The Kier molecular flexibility index (Phi) is 5.39. The third-order valence-corrected chi connectivity index (χ3v) is 5.92. The Hall–Kier alpha value is -0.240. The Morgan fingerprint density at radius 3 is 2.10 bits per heavy atom. The number of amides is 1. The molecule has 0 radical (unpaired) electrons. The molecule has 0 saturated heterocycles. The van der Waals surface area contributed by atoms with E-state index in [1.807, 2.05) is 0 Å². The summed E-state index contributed by atoms with van der Waals surface area (Å²) in [6.07, 6.45) is 9.39. The largest absolute Gasteiger partial charge is 0.352 e. The first-order valence-corrected chi connectivity index (χ1v) is 8.76. The fourth-order valence-electron chi connectivity index (χ4n) is 3.84. The molecule has 2 aliphatic rings. The van der Waals surface area contributed by atoms with E-state index in [2.05, 4.69) is 26.1 Å². The van der Waals surface area contributed by atoms with Crippen LogP contribution in [-0.4, -0.2) is 17.3 Å². The Morgan fingerprint density at radius 2 is 1.60 bits per heavy atom. The highest BCUT2D eigenvalue weighted by Gasteiger charge is 2.35. The Bertz CT molecular complexity index is 322. The molecule has 0 aliphatic heterocycles. The third-order valence-electron chi connectivity index (χ3n) is 5.36. The van der Waals surface area contributed by atoms with E-state index >= 15 is 0 Å². The molecule has 116 valence electrons. The van der Waals surface area contributed by atoms with Gasteiger partial charge in [0.1, 0.15) is 5.38 Å². The number of halogens is 1. The second-order valence-electron chi connectivity index (χ2n) is 7.87. The topological polar surface area (TPSA) is 29.1 Å². The summed E-state index contributed by atoms with van der Waals surface area (Å²) < 4.78 is 0. The minimum atomic E-state index is -0.323. The van der Waals surface area contributed by atoms with Crippen molar-refractivity contribution >= 4 is 17.5 Å². The molecule has 2 nitrogen and oxygen atoms in total. The Balaban J connectivity index is 1.78. The molecule has 0 aromatic heterocycles. The van der Waals surface area contributed by atoms with Gasteiger partial charge in [-0.15, -0.1) is 11.6 Å². The predicted molar refractivity (Wildman–Crippen MR) is 84.9 cm³/mol. The number of hydrogen-bond acceptors (Lipinski definition) is 1. The SMILES string of the molecule is CC(C)(C)C1CCC(C(Cl)C(=O)NC2CCCC2)CC1. The lowest BCUT2D eigenvalue weighted by Crippen LogP contribution is -2.42. The van der Waals surface area contributed by atoms with Crippen LogP contribution in [0.2, 0.25) is 0 Å². The van der Waals surface area contributed by atoms with Crippen molar-refractivity contribution in [3.05, 3.63) is 0 Å². The lowest BCUT2D eigenvalue weighted by molar-refractivity contribution is -0.122. The van der Waals surface area contributed by atoms with Crippen LogP contribution < -0.4 is 5.32 Å². The van der Waals surface area contributed by atoms with Crippen LogP contribution in [0, 0.1) is 17.3 Å². The molecular formula is C17H30ClNO. The van der Waals surface area contributed by atoms with Gasteiger partial charge in [0.05, 0.1) is 0 Å². The van der Waals surface area contributed by atoms with Crippen LogP contribution in [-0.2, 0) is 4.79 Å². The first kappa shape index (κ1) is 16.1. The molecular weight excluding hydrogens is 270 g/mol. The molecule has 1 N–H and O–H groups in total. The average molecular weight is 300 g/mol.